The fourth-order valence-corrected chi connectivity index (χ4v) is 2.45. The molecule has 2 rings (SSSR count). The minimum absolute atomic E-state index is 0.423. The van der Waals surface area contributed by atoms with Crippen molar-refractivity contribution in [3.05, 3.63) is 29.8 Å². The number of nitrogens with zero attached hydrogens (tertiary/aromatic N) is 1. The quantitative estimate of drug-likeness (QED) is 0.464. The molecule has 1 aliphatic rings. The summed E-state index contributed by atoms with van der Waals surface area (Å²) in [5, 5.41) is 22.6. The molecule has 1 aromatic carbocycles. The largest absolute Gasteiger partial charge is 0.462 e. The summed E-state index contributed by atoms with van der Waals surface area (Å²) in [6, 6.07) is 6.98. The van der Waals surface area contributed by atoms with E-state index in [1.54, 1.807) is 31.2 Å². The van der Waals surface area contributed by atoms with Gasteiger partial charge in [-0.05, 0) is 36.8 Å². The zero-order chi connectivity index (χ0) is 17.7. The van der Waals surface area contributed by atoms with Crippen molar-refractivity contribution in [2.45, 2.75) is 51.1 Å². The number of carbonyl (C=O) groups is 1. The SMILES string of the molecule is CC(=O)O[C@@H]1[C@@H](O)[C@@H](O)C(Oc2ccc(CN=C=S)cc2)O[C@H]1C. The van der Waals surface area contributed by atoms with E-state index in [4.69, 9.17) is 14.2 Å². The van der Waals surface area contributed by atoms with E-state index in [1.165, 1.54) is 6.92 Å². The molecule has 5 atom stereocenters. The number of aliphatic hydroxyl groups is 2. The van der Waals surface area contributed by atoms with Gasteiger partial charge >= 0.3 is 5.97 Å². The first-order chi connectivity index (χ1) is 11.4. The number of rotatable bonds is 5. The molecule has 1 fully saturated rings. The smallest absolute Gasteiger partial charge is 0.303 e. The van der Waals surface area contributed by atoms with Crippen LogP contribution < -0.4 is 4.74 Å². The zero-order valence-corrected chi connectivity index (χ0v) is 14.1. The molecule has 130 valence electrons. The highest BCUT2D eigenvalue weighted by Crippen LogP contribution is 2.26. The first kappa shape index (κ1) is 18.5. The number of aliphatic hydroxyl groups excluding tert-OH is 2. The molecule has 1 aromatic rings. The lowest BCUT2D eigenvalue weighted by Crippen LogP contribution is -2.59. The van der Waals surface area contributed by atoms with Crippen LogP contribution in [-0.2, 0) is 20.8 Å². The average Bonchev–Trinajstić information content (AvgIpc) is 2.55. The van der Waals surface area contributed by atoms with Gasteiger partial charge < -0.3 is 24.4 Å². The predicted molar refractivity (Wildman–Crippen MR) is 87.7 cm³/mol. The minimum Gasteiger partial charge on any atom is -0.462 e. The molecule has 1 aliphatic heterocycles. The molecule has 1 unspecified atom stereocenters. The minimum atomic E-state index is -1.36. The average molecular weight is 353 g/mol. The van der Waals surface area contributed by atoms with Gasteiger partial charge in [0.25, 0.3) is 0 Å². The van der Waals surface area contributed by atoms with Gasteiger partial charge in [0, 0.05) is 6.92 Å². The molecule has 2 N–H and O–H groups in total. The summed E-state index contributed by atoms with van der Waals surface area (Å²) in [5.41, 5.74) is 0.924. The lowest BCUT2D eigenvalue weighted by atomic mass is 9.99. The van der Waals surface area contributed by atoms with Crippen molar-refractivity contribution < 1.29 is 29.2 Å². The summed E-state index contributed by atoms with van der Waals surface area (Å²) in [6.07, 6.45) is -5.32. The number of esters is 1. The van der Waals surface area contributed by atoms with Crippen LogP contribution in [0.15, 0.2) is 29.3 Å². The van der Waals surface area contributed by atoms with Crippen LogP contribution in [0, 0.1) is 0 Å². The standard InChI is InChI=1S/C16H19NO6S/c1-9-15(22-10(2)18)13(19)14(20)16(21-9)23-12-5-3-11(4-6-12)7-17-8-24/h3-6,9,13-16,19-20H,7H2,1-2H3/t9-,13-,14+,15-,16?/m0/s1. The van der Waals surface area contributed by atoms with Gasteiger partial charge in [-0.25, -0.2) is 4.99 Å². The van der Waals surface area contributed by atoms with E-state index >= 15 is 0 Å². The van der Waals surface area contributed by atoms with E-state index in [1.807, 2.05) is 0 Å². The van der Waals surface area contributed by atoms with Gasteiger partial charge in [0.15, 0.2) is 6.10 Å². The van der Waals surface area contributed by atoms with Crippen molar-refractivity contribution in [3.63, 3.8) is 0 Å². The molecule has 0 aliphatic carbocycles. The van der Waals surface area contributed by atoms with Crippen LogP contribution in [0.1, 0.15) is 19.4 Å². The lowest BCUT2D eigenvalue weighted by molar-refractivity contribution is -0.272. The van der Waals surface area contributed by atoms with Gasteiger partial charge in [-0.1, -0.05) is 12.1 Å². The normalized spacial score (nSPS) is 29.4. The molecule has 1 saturated heterocycles. The third-order valence-corrected chi connectivity index (χ3v) is 3.71. The Labute approximate surface area is 144 Å². The maximum atomic E-state index is 11.1. The Hall–Kier alpha value is -1.83. The number of hydrogen-bond donors (Lipinski definition) is 2. The van der Waals surface area contributed by atoms with Crippen molar-refractivity contribution in [2.75, 3.05) is 0 Å². The van der Waals surface area contributed by atoms with E-state index in [0.29, 0.717) is 12.3 Å². The van der Waals surface area contributed by atoms with Gasteiger partial charge in [-0.15, -0.1) is 0 Å². The van der Waals surface area contributed by atoms with Crippen molar-refractivity contribution in [1.82, 2.24) is 0 Å². The summed E-state index contributed by atoms with van der Waals surface area (Å²) in [4.78, 5) is 14.9. The Morgan fingerprint density at radius 1 is 1.33 bits per heavy atom. The second kappa shape index (κ2) is 8.32. The van der Waals surface area contributed by atoms with Gasteiger partial charge in [-0.2, -0.15) is 0 Å². The van der Waals surface area contributed by atoms with Crippen LogP contribution in [0.4, 0.5) is 0 Å². The number of isothiocyanates is 1. The monoisotopic (exact) mass is 353 g/mol. The third kappa shape index (κ3) is 4.59. The molecule has 8 heteroatoms. The summed E-state index contributed by atoms with van der Waals surface area (Å²) < 4.78 is 16.1. The molecular formula is C16H19NO6S. The van der Waals surface area contributed by atoms with Crippen LogP contribution in [0.5, 0.6) is 5.75 Å². The highest BCUT2D eigenvalue weighted by atomic mass is 32.1. The second-order valence-electron chi connectivity index (χ2n) is 5.43. The van der Waals surface area contributed by atoms with Crippen molar-refractivity contribution >= 4 is 23.3 Å². The van der Waals surface area contributed by atoms with Crippen molar-refractivity contribution in [3.8, 4) is 5.75 Å². The molecule has 0 amide bonds. The Morgan fingerprint density at radius 2 is 2.00 bits per heavy atom. The molecule has 0 saturated carbocycles. The zero-order valence-electron chi connectivity index (χ0n) is 13.3. The van der Waals surface area contributed by atoms with Crippen molar-refractivity contribution in [2.24, 2.45) is 4.99 Å². The van der Waals surface area contributed by atoms with E-state index in [9.17, 15) is 15.0 Å². The maximum Gasteiger partial charge on any atom is 0.303 e. The van der Waals surface area contributed by atoms with Crippen molar-refractivity contribution in [1.29, 1.82) is 0 Å². The topological polar surface area (TPSA) is 97.6 Å². The number of carbonyl (C=O) groups excluding carboxylic acids is 1. The Bertz CT molecular complexity index is 615. The predicted octanol–water partition coefficient (Wildman–Crippen LogP) is 1.07. The molecule has 0 spiro atoms. The number of hydrogen-bond acceptors (Lipinski definition) is 8. The van der Waals surface area contributed by atoms with Crippen LogP contribution in [-0.4, -0.2) is 52.0 Å². The highest BCUT2D eigenvalue weighted by molar-refractivity contribution is 7.78. The molecule has 0 radical (unpaired) electrons. The van der Waals surface area contributed by atoms with Gasteiger partial charge in [-0.3, -0.25) is 4.79 Å². The van der Waals surface area contributed by atoms with E-state index in [0.717, 1.165) is 5.56 Å². The highest BCUT2D eigenvalue weighted by Gasteiger charge is 2.45. The molecule has 0 bridgehead atoms. The van der Waals surface area contributed by atoms with E-state index in [2.05, 4.69) is 22.4 Å². The maximum absolute atomic E-state index is 11.1. The lowest BCUT2D eigenvalue weighted by Gasteiger charge is -2.40. The molecule has 7 nitrogen and oxygen atoms in total. The number of benzene rings is 1. The fourth-order valence-electron chi connectivity index (χ4n) is 2.39. The van der Waals surface area contributed by atoms with Gasteiger partial charge in [0.2, 0.25) is 6.29 Å². The number of aliphatic imine (C=N–C) groups is 1. The summed E-state index contributed by atoms with van der Waals surface area (Å²) in [5.74, 6) is -0.102. The fraction of sp³-hybridized carbons (Fsp3) is 0.500. The second-order valence-corrected chi connectivity index (χ2v) is 5.62. The molecular weight excluding hydrogens is 334 g/mol. The van der Waals surface area contributed by atoms with Gasteiger partial charge in [0.1, 0.15) is 18.0 Å². The molecule has 0 aromatic heterocycles. The first-order valence-corrected chi connectivity index (χ1v) is 7.81. The molecule has 1 heterocycles. The van der Waals surface area contributed by atoms with Crippen LogP contribution in [0.3, 0.4) is 0 Å². The number of ether oxygens (including phenoxy) is 3. The summed E-state index contributed by atoms with van der Waals surface area (Å²) in [7, 11) is 0. The summed E-state index contributed by atoms with van der Waals surface area (Å²) >= 11 is 4.52. The molecule has 24 heavy (non-hydrogen) atoms. The Kier molecular flexibility index (Phi) is 6.42. The van der Waals surface area contributed by atoms with Gasteiger partial charge in [0.05, 0.1) is 17.8 Å². The van der Waals surface area contributed by atoms with E-state index < -0.39 is 36.7 Å². The summed E-state index contributed by atoms with van der Waals surface area (Å²) in [6.45, 7) is 3.28. The Balaban J connectivity index is 2.02. The van der Waals surface area contributed by atoms with Crippen LogP contribution >= 0.6 is 12.2 Å². The Morgan fingerprint density at radius 3 is 2.58 bits per heavy atom. The number of thiocarbonyl (C=S) groups is 1. The third-order valence-electron chi connectivity index (χ3n) is 3.58. The van der Waals surface area contributed by atoms with E-state index in [-0.39, 0.29) is 0 Å². The first-order valence-electron chi connectivity index (χ1n) is 7.40. The van der Waals surface area contributed by atoms with Crippen LogP contribution in [0.25, 0.3) is 0 Å². The van der Waals surface area contributed by atoms with Crippen LogP contribution in [0.2, 0.25) is 0 Å².